The Morgan fingerprint density at radius 1 is 0.457 bits per heavy atom. The van der Waals surface area contributed by atoms with E-state index in [1.807, 2.05) is 0 Å². The molecule has 0 radical (unpaired) electrons. The predicted octanol–water partition coefficient (Wildman–Crippen LogP) is 16.0. The molecule has 0 aromatic heterocycles. The van der Waals surface area contributed by atoms with Crippen molar-refractivity contribution in [2.75, 3.05) is 39.1 Å². The Morgan fingerprint density at radius 3 is 1.00 bits per heavy atom. The van der Waals surface area contributed by atoms with Gasteiger partial charge in [-0.3, -0.25) is 0 Å². The fourth-order valence-corrected chi connectivity index (χ4v) is 15.4. The first-order chi connectivity index (χ1) is 22.1. The summed E-state index contributed by atoms with van der Waals surface area (Å²) in [6, 6.07) is 0. The second-order valence-electron chi connectivity index (χ2n) is 15.2. The van der Waals surface area contributed by atoms with Crippen LogP contribution in [0.15, 0.2) is 24.3 Å². The number of unbranched alkanes of at least 4 members (excludes halogenated alkanes) is 24. The van der Waals surface area contributed by atoms with Gasteiger partial charge in [0.25, 0.3) is 0 Å². The third-order valence-corrected chi connectivity index (χ3v) is 17.6. The first kappa shape index (κ1) is 46.8. The number of hydrogen-bond donors (Lipinski definition) is 0. The number of rotatable bonds is 36. The van der Waals surface area contributed by atoms with Crippen LogP contribution in [-0.2, 0) is 13.6 Å². The SMILES string of the molecule is CCCCCCCC/C=C\CCCCCCCCOP(=O)(CP(C)(C)(C)I)OCCCCCCCC/C=C\CCCCCCCC. The Labute approximate surface area is 303 Å². The van der Waals surface area contributed by atoms with Gasteiger partial charge in [-0.05, 0) is 25.7 Å². The van der Waals surface area contributed by atoms with Crippen LogP contribution in [0.3, 0.4) is 0 Å². The average Bonchev–Trinajstić information content (AvgIpc) is 2.99. The summed E-state index contributed by atoms with van der Waals surface area (Å²) in [4.78, 5) is 0. The molecule has 0 aliphatic carbocycles. The van der Waals surface area contributed by atoms with Crippen molar-refractivity contribution in [3.63, 3.8) is 0 Å². The van der Waals surface area contributed by atoms with E-state index in [2.05, 4.69) is 80.2 Å². The molecule has 0 atom stereocenters. The summed E-state index contributed by atoms with van der Waals surface area (Å²) in [5, 5.41) is 0. The molecule has 3 nitrogen and oxygen atoms in total. The Morgan fingerprint density at radius 2 is 0.717 bits per heavy atom. The van der Waals surface area contributed by atoms with E-state index in [4.69, 9.17) is 9.05 Å². The average molecular weight is 799 g/mol. The second-order valence-corrected chi connectivity index (χ2v) is 34.6. The summed E-state index contributed by atoms with van der Waals surface area (Å²) in [7, 11) is -3.05. The van der Waals surface area contributed by atoms with E-state index in [9.17, 15) is 4.57 Å². The molecule has 0 saturated carbocycles. The standard InChI is InChI=1S/C40H81IO3P2/c1-6-8-10-12-14-16-18-20-22-24-26-28-30-32-34-36-38-43-45(42,40-46(3,4,5)41)44-39-37-35-33-31-29-27-25-23-21-19-17-15-13-11-9-7-2/h20-23H,6-19,24-40H2,1-5H3/b22-20-,23-21-. The van der Waals surface area contributed by atoms with Gasteiger partial charge >= 0.3 is 189 Å². The second kappa shape index (κ2) is 31.7. The topological polar surface area (TPSA) is 35.5 Å². The molecular weight excluding hydrogens is 717 g/mol. The van der Waals surface area contributed by atoms with Gasteiger partial charge in [0.2, 0.25) is 0 Å². The summed E-state index contributed by atoms with van der Waals surface area (Å²) < 4.78 is 23.8. The Kier molecular flexibility index (Phi) is 32.3. The molecule has 0 fully saturated rings. The van der Waals surface area contributed by atoms with Gasteiger partial charge in [-0.25, -0.2) is 0 Å². The monoisotopic (exact) mass is 798 g/mol. The van der Waals surface area contributed by atoms with Gasteiger partial charge < -0.3 is 0 Å². The third-order valence-electron chi connectivity index (χ3n) is 8.54. The smallest absolute Gasteiger partial charge is 0.0885 e. The Hall–Kier alpha value is 0.790. The van der Waals surface area contributed by atoms with Crippen molar-refractivity contribution in [3.8, 4) is 0 Å². The molecule has 0 aliphatic heterocycles. The molecular formula is C40H81IO3P2. The molecule has 0 rings (SSSR count). The number of halogens is 1. The molecule has 0 aromatic carbocycles. The van der Waals surface area contributed by atoms with Gasteiger partial charge in [-0.1, -0.05) is 90.2 Å². The van der Waals surface area contributed by atoms with Crippen LogP contribution >= 0.6 is 33.9 Å². The minimum absolute atomic E-state index is 0.564. The minimum Gasteiger partial charge on any atom is -0.0885 e. The van der Waals surface area contributed by atoms with E-state index in [1.54, 1.807) is 0 Å². The van der Waals surface area contributed by atoms with E-state index in [1.165, 1.54) is 154 Å². The van der Waals surface area contributed by atoms with Crippen molar-refractivity contribution in [1.82, 2.24) is 0 Å². The van der Waals surface area contributed by atoms with Gasteiger partial charge in [0, 0.05) is 0 Å². The minimum atomic E-state index is -3.05. The van der Waals surface area contributed by atoms with Crippen molar-refractivity contribution in [2.45, 2.75) is 194 Å². The fraction of sp³-hybridized carbons (Fsp3) is 0.900. The molecule has 0 saturated heterocycles. The van der Waals surface area contributed by atoms with Crippen molar-refractivity contribution in [3.05, 3.63) is 24.3 Å². The van der Waals surface area contributed by atoms with Crippen LogP contribution in [0.5, 0.6) is 0 Å². The zero-order valence-electron chi connectivity index (χ0n) is 31.7. The molecule has 0 bridgehead atoms. The van der Waals surface area contributed by atoms with E-state index in [0.29, 0.717) is 19.1 Å². The van der Waals surface area contributed by atoms with Crippen LogP contribution in [0.1, 0.15) is 194 Å². The molecule has 276 valence electrons. The number of allylic oxidation sites excluding steroid dienone is 4. The molecule has 0 aromatic rings. The van der Waals surface area contributed by atoms with E-state index in [-0.39, 0.29) is 0 Å². The molecule has 0 spiro atoms. The van der Waals surface area contributed by atoms with Crippen LogP contribution in [0.25, 0.3) is 0 Å². The summed E-state index contributed by atoms with van der Waals surface area (Å²) in [6.07, 6.45) is 45.7. The Bertz CT molecular complexity index is 702. The quantitative estimate of drug-likeness (QED) is 0.0274. The fourth-order valence-electron chi connectivity index (χ4n) is 5.81. The van der Waals surface area contributed by atoms with Crippen LogP contribution in [-0.4, -0.2) is 39.1 Å². The van der Waals surface area contributed by atoms with E-state index in [0.717, 1.165) is 25.7 Å². The Balaban J connectivity index is 3.90. The van der Waals surface area contributed by atoms with Crippen LogP contribution < -0.4 is 0 Å². The predicted molar refractivity (Wildman–Crippen MR) is 222 cm³/mol. The van der Waals surface area contributed by atoms with Gasteiger partial charge in [-0.2, -0.15) is 0 Å². The molecule has 0 N–H and O–H groups in total. The zero-order chi connectivity index (χ0) is 34.1. The van der Waals surface area contributed by atoms with Crippen LogP contribution in [0, 0.1) is 0 Å². The van der Waals surface area contributed by atoms with Crippen LogP contribution in [0.2, 0.25) is 0 Å². The zero-order valence-corrected chi connectivity index (χ0v) is 35.7. The van der Waals surface area contributed by atoms with Gasteiger partial charge in [0.1, 0.15) is 0 Å². The summed E-state index contributed by atoms with van der Waals surface area (Å²) >= 11 is 2.53. The van der Waals surface area contributed by atoms with Crippen molar-refractivity contribution in [2.24, 2.45) is 0 Å². The summed E-state index contributed by atoms with van der Waals surface area (Å²) in [6.45, 7) is 12.5. The van der Waals surface area contributed by atoms with Crippen molar-refractivity contribution in [1.29, 1.82) is 0 Å². The van der Waals surface area contributed by atoms with E-state index < -0.39 is 11.8 Å². The van der Waals surface area contributed by atoms with Crippen molar-refractivity contribution < 1.29 is 13.6 Å². The molecule has 0 heterocycles. The van der Waals surface area contributed by atoms with E-state index >= 15 is 0 Å². The van der Waals surface area contributed by atoms with Crippen molar-refractivity contribution >= 4 is 33.9 Å². The van der Waals surface area contributed by atoms with Crippen LogP contribution in [0.4, 0.5) is 0 Å². The number of hydrogen-bond acceptors (Lipinski definition) is 3. The summed E-state index contributed by atoms with van der Waals surface area (Å²) in [5.74, 6) is 0.581. The third kappa shape index (κ3) is 37.6. The molecule has 0 unspecified atom stereocenters. The van der Waals surface area contributed by atoms with Gasteiger partial charge in [-0.15, -0.1) is 0 Å². The normalized spacial score (nSPS) is 13.7. The molecule has 46 heavy (non-hydrogen) atoms. The molecule has 6 heteroatoms. The summed E-state index contributed by atoms with van der Waals surface area (Å²) in [5.41, 5.74) is 0. The molecule has 0 aliphatic rings. The molecule has 0 amide bonds. The first-order valence-corrected chi connectivity index (χ1v) is 28.3. The maximum atomic E-state index is 13.7. The van der Waals surface area contributed by atoms with Gasteiger partial charge in [0.05, 0.1) is 0 Å². The first-order valence-electron chi connectivity index (χ1n) is 20.0. The maximum absolute atomic E-state index is 13.7. The van der Waals surface area contributed by atoms with Gasteiger partial charge in [0.15, 0.2) is 0 Å².